The number of carboxylic acid groups (broad SMARTS) is 1. The van der Waals surface area contributed by atoms with Crippen LogP contribution in [0.5, 0.6) is 0 Å². The van der Waals surface area contributed by atoms with E-state index in [1.807, 2.05) is 0 Å². The van der Waals surface area contributed by atoms with Gasteiger partial charge in [0.15, 0.2) is 0 Å². The Morgan fingerprint density at radius 2 is 1.74 bits per heavy atom. The second-order valence-corrected chi connectivity index (χ2v) is 4.60. The summed E-state index contributed by atoms with van der Waals surface area (Å²) in [5.74, 6) is -1.80. The van der Waals surface area contributed by atoms with Crippen LogP contribution in [0.4, 0.5) is 0 Å². The summed E-state index contributed by atoms with van der Waals surface area (Å²) in [4.78, 5) is 33.0. The van der Waals surface area contributed by atoms with E-state index in [2.05, 4.69) is 26.6 Å². The predicted octanol–water partition coefficient (Wildman–Crippen LogP) is 0.770. The molecule has 0 unspecified atom stereocenters. The van der Waals surface area contributed by atoms with Crippen molar-refractivity contribution in [2.24, 2.45) is 0 Å². The Balaban J connectivity index is 2.29. The summed E-state index contributed by atoms with van der Waals surface area (Å²) < 4.78 is 0.872. The summed E-state index contributed by atoms with van der Waals surface area (Å²) in [6, 6.07) is 6.80. The summed E-state index contributed by atoms with van der Waals surface area (Å²) in [6.45, 7) is -0.264. The molecule has 0 aromatic heterocycles. The van der Waals surface area contributed by atoms with E-state index >= 15 is 0 Å². The van der Waals surface area contributed by atoms with E-state index in [4.69, 9.17) is 5.11 Å². The van der Waals surface area contributed by atoms with E-state index in [1.54, 1.807) is 24.3 Å². The lowest BCUT2D eigenvalue weighted by Gasteiger charge is -2.05. The van der Waals surface area contributed by atoms with E-state index in [1.165, 1.54) is 0 Å². The van der Waals surface area contributed by atoms with Gasteiger partial charge in [-0.25, -0.2) is 0 Å². The van der Waals surface area contributed by atoms with Gasteiger partial charge in [-0.1, -0.05) is 15.9 Å². The van der Waals surface area contributed by atoms with Crippen molar-refractivity contribution in [2.75, 3.05) is 13.1 Å². The van der Waals surface area contributed by atoms with Crippen molar-refractivity contribution in [3.05, 3.63) is 34.3 Å². The molecule has 0 aliphatic carbocycles. The largest absolute Gasteiger partial charge is 0.480 e. The molecule has 1 aromatic carbocycles. The minimum Gasteiger partial charge on any atom is -0.480 e. The first-order chi connectivity index (χ1) is 8.99. The highest BCUT2D eigenvalue weighted by Crippen LogP contribution is 2.10. The SMILES string of the molecule is O=C(O)CNC(=O)CCNC(=O)c1ccc(Br)cc1. The Labute approximate surface area is 118 Å². The van der Waals surface area contributed by atoms with Gasteiger partial charge in [0.1, 0.15) is 6.54 Å². The maximum absolute atomic E-state index is 11.7. The third-order valence-corrected chi connectivity index (χ3v) is 2.71. The van der Waals surface area contributed by atoms with E-state index < -0.39 is 18.4 Å². The number of carboxylic acids is 1. The summed E-state index contributed by atoms with van der Waals surface area (Å²) >= 11 is 3.26. The second-order valence-electron chi connectivity index (χ2n) is 3.68. The van der Waals surface area contributed by atoms with Gasteiger partial charge in [-0.2, -0.15) is 0 Å². The normalized spacial score (nSPS) is 9.74. The molecule has 6 nitrogen and oxygen atoms in total. The number of aliphatic carboxylic acids is 1. The van der Waals surface area contributed by atoms with Crippen LogP contribution in [-0.2, 0) is 9.59 Å². The van der Waals surface area contributed by atoms with Crippen LogP contribution in [0.2, 0.25) is 0 Å². The fraction of sp³-hybridized carbons (Fsp3) is 0.250. The number of rotatable bonds is 6. The highest BCUT2D eigenvalue weighted by Gasteiger charge is 2.07. The molecule has 1 aromatic rings. The summed E-state index contributed by atoms with van der Waals surface area (Å²) in [5.41, 5.74) is 0.495. The molecule has 7 heteroatoms. The highest BCUT2D eigenvalue weighted by atomic mass is 79.9. The van der Waals surface area contributed by atoms with Crippen LogP contribution >= 0.6 is 15.9 Å². The number of nitrogens with one attached hydrogen (secondary N) is 2. The zero-order valence-corrected chi connectivity index (χ0v) is 11.6. The fourth-order valence-corrected chi connectivity index (χ4v) is 1.52. The van der Waals surface area contributed by atoms with Crippen molar-refractivity contribution in [3.8, 4) is 0 Å². The number of carbonyl (C=O) groups is 3. The van der Waals surface area contributed by atoms with Crippen LogP contribution in [0, 0.1) is 0 Å². The molecule has 0 aliphatic heterocycles. The molecular formula is C12H13BrN2O4. The number of benzene rings is 1. The van der Waals surface area contributed by atoms with Crippen molar-refractivity contribution in [1.82, 2.24) is 10.6 Å². The molecule has 0 radical (unpaired) electrons. The number of hydrogen-bond acceptors (Lipinski definition) is 3. The second kappa shape index (κ2) is 7.52. The third-order valence-electron chi connectivity index (χ3n) is 2.18. The average molecular weight is 329 g/mol. The Morgan fingerprint density at radius 3 is 2.32 bits per heavy atom. The third kappa shape index (κ3) is 6.01. The Hall–Kier alpha value is -1.89. The van der Waals surface area contributed by atoms with Crippen LogP contribution in [0.15, 0.2) is 28.7 Å². The van der Waals surface area contributed by atoms with Gasteiger partial charge < -0.3 is 15.7 Å². The van der Waals surface area contributed by atoms with E-state index in [-0.39, 0.29) is 18.9 Å². The lowest BCUT2D eigenvalue weighted by atomic mass is 10.2. The molecule has 0 atom stereocenters. The molecule has 2 amide bonds. The minimum atomic E-state index is -1.10. The Bertz CT molecular complexity index is 473. The van der Waals surface area contributed by atoms with Crippen LogP contribution in [0.3, 0.4) is 0 Å². The maximum atomic E-state index is 11.7. The zero-order chi connectivity index (χ0) is 14.3. The number of halogens is 1. The lowest BCUT2D eigenvalue weighted by molar-refractivity contribution is -0.137. The molecule has 0 spiro atoms. The summed E-state index contributed by atoms with van der Waals surface area (Å²) in [6.07, 6.45) is 0.0373. The molecule has 0 fully saturated rings. The molecule has 102 valence electrons. The average Bonchev–Trinajstić information content (AvgIpc) is 2.37. The monoisotopic (exact) mass is 328 g/mol. The maximum Gasteiger partial charge on any atom is 0.322 e. The van der Waals surface area contributed by atoms with Crippen molar-refractivity contribution >= 4 is 33.7 Å². The van der Waals surface area contributed by atoms with Crippen LogP contribution in [0.1, 0.15) is 16.8 Å². The van der Waals surface area contributed by atoms with E-state index in [0.29, 0.717) is 5.56 Å². The van der Waals surface area contributed by atoms with Crippen LogP contribution in [0.25, 0.3) is 0 Å². The molecule has 0 aliphatic rings. The topological polar surface area (TPSA) is 95.5 Å². The van der Waals surface area contributed by atoms with Crippen molar-refractivity contribution in [1.29, 1.82) is 0 Å². The molecule has 0 saturated carbocycles. The van der Waals surface area contributed by atoms with Gasteiger partial charge >= 0.3 is 5.97 Å². The first kappa shape index (κ1) is 15.2. The predicted molar refractivity (Wildman–Crippen MR) is 71.7 cm³/mol. The first-order valence-corrected chi connectivity index (χ1v) is 6.30. The fourth-order valence-electron chi connectivity index (χ4n) is 1.26. The van der Waals surface area contributed by atoms with Gasteiger partial charge in [-0.05, 0) is 24.3 Å². The Morgan fingerprint density at radius 1 is 1.11 bits per heavy atom. The van der Waals surface area contributed by atoms with Crippen molar-refractivity contribution in [3.63, 3.8) is 0 Å². The number of carbonyl (C=O) groups excluding carboxylic acids is 2. The summed E-state index contributed by atoms with van der Waals surface area (Å²) in [5, 5.41) is 13.1. The molecule has 19 heavy (non-hydrogen) atoms. The van der Waals surface area contributed by atoms with E-state index in [0.717, 1.165) is 4.47 Å². The summed E-state index contributed by atoms with van der Waals surface area (Å²) in [7, 11) is 0. The smallest absolute Gasteiger partial charge is 0.322 e. The standard InChI is InChI=1S/C12H13BrN2O4/c13-9-3-1-8(2-4-9)12(19)14-6-5-10(16)15-7-11(17)18/h1-4H,5-7H2,(H,14,19)(H,15,16)(H,17,18). The van der Waals surface area contributed by atoms with Gasteiger partial charge in [0.05, 0.1) is 0 Å². The first-order valence-electron chi connectivity index (χ1n) is 5.51. The quantitative estimate of drug-likeness (QED) is 0.718. The zero-order valence-electron chi connectivity index (χ0n) is 9.98. The molecule has 1 rings (SSSR count). The Kier molecular flexibility index (Phi) is 6.01. The van der Waals surface area contributed by atoms with Crippen molar-refractivity contribution < 1.29 is 19.5 Å². The molecular weight excluding hydrogens is 316 g/mol. The highest BCUT2D eigenvalue weighted by molar-refractivity contribution is 9.10. The number of hydrogen-bond donors (Lipinski definition) is 3. The van der Waals surface area contributed by atoms with Crippen LogP contribution < -0.4 is 10.6 Å². The lowest BCUT2D eigenvalue weighted by Crippen LogP contribution is -2.33. The van der Waals surface area contributed by atoms with Gasteiger partial charge in [0.25, 0.3) is 5.91 Å². The van der Waals surface area contributed by atoms with Gasteiger partial charge in [0.2, 0.25) is 5.91 Å². The van der Waals surface area contributed by atoms with Gasteiger partial charge in [-0.3, -0.25) is 14.4 Å². The minimum absolute atomic E-state index is 0.0373. The van der Waals surface area contributed by atoms with Crippen molar-refractivity contribution in [2.45, 2.75) is 6.42 Å². The number of amides is 2. The van der Waals surface area contributed by atoms with Gasteiger partial charge in [-0.15, -0.1) is 0 Å². The van der Waals surface area contributed by atoms with Crippen LogP contribution in [-0.4, -0.2) is 36.0 Å². The van der Waals surface area contributed by atoms with Gasteiger partial charge in [0, 0.05) is 23.0 Å². The molecule has 0 bridgehead atoms. The van der Waals surface area contributed by atoms with E-state index in [9.17, 15) is 14.4 Å². The molecule has 3 N–H and O–H groups in total. The molecule has 0 heterocycles. The molecule has 0 saturated heterocycles.